The third-order valence-electron chi connectivity index (χ3n) is 5.99. The van der Waals surface area contributed by atoms with Crippen LogP contribution in [0.1, 0.15) is 37.4 Å². The third-order valence-corrected chi connectivity index (χ3v) is 5.99. The van der Waals surface area contributed by atoms with Gasteiger partial charge in [-0.05, 0) is 32.0 Å². The third kappa shape index (κ3) is 2.95. The minimum atomic E-state index is -0.605. The smallest absolute Gasteiger partial charge is 0.178 e. The van der Waals surface area contributed by atoms with Crippen LogP contribution >= 0.6 is 0 Å². The van der Waals surface area contributed by atoms with Crippen LogP contribution in [0.5, 0.6) is 0 Å². The summed E-state index contributed by atoms with van der Waals surface area (Å²) < 4.78 is 7.29. The monoisotopic (exact) mass is 358 g/mol. The van der Waals surface area contributed by atoms with Crippen LogP contribution in [0, 0.1) is 0 Å². The molecule has 140 valence electrons. The number of aromatic nitrogens is 4. The number of rotatable bonds is 5. The highest BCUT2D eigenvalue weighted by atomic mass is 16.5. The van der Waals surface area contributed by atoms with Gasteiger partial charge in [0.2, 0.25) is 0 Å². The lowest BCUT2D eigenvalue weighted by Crippen LogP contribution is -2.61. The maximum Gasteiger partial charge on any atom is 0.178 e. The summed E-state index contributed by atoms with van der Waals surface area (Å²) in [6, 6.07) is 4.48. The molecule has 3 fully saturated rings. The molecule has 8 heteroatoms. The van der Waals surface area contributed by atoms with Gasteiger partial charge in [0.05, 0.1) is 5.60 Å². The van der Waals surface area contributed by atoms with Crippen LogP contribution < -0.4 is 4.90 Å². The first-order valence-corrected chi connectivity index (χ1v) is 9.59. The number of ether oxygens (including phenoxy) is 1. The fourth-order valence-electron chi connectivity index (χ4n) is 3.98. The van der Waals surface area contributed by atoms with Crippen LogP contribution in [-0.4, -0.2) is 81.4 Å². The molecule has 1 aliphatic carbocycles. The number of fused-ring (bicyclic) bond motifs is 1. The molecule has 2 aromatic rings. The summed E-state index contributed by atoms with van der Waals surface area (Å²) >= 11 is 0. The Morgan fingerprint density at radius 3 is 2.73 bits per heavy atom. The van der Waals surface area contributed by atoms with E-state index in [4.69, 9.17) is 9.84 Å². The molecule has 1 N–H and O–H groups in total. The molecule has 0 atom stereocenters. The molecule has 26 heavy (non-hydrogen) atoms. The molecule has 0 bridgehead atoms. The Balaban J connectivity index is 1.23. The van der Waals surface area contributed by atoms with Crippen molar-refractivity contribution in [2.45, 2.75) is 43.2 Å². The van der Waals surface area contributed by atoms with Gasteiger partial charge in [-0.15, -0.1) is 15.3 Å². The Morgan fingerprint density at radius 2 is 2.00 bits per heavy atom. The van der Waals surface area contributed by atoms with E-state index in [1.807, 2.05) is 16.6 Å². The van der Waals surface area contributed by atoms with Crippen LogP contribution in [0.4, 0.5) is 5.82 Å². The number of nitrogens with zero attached hydrogens (tertiary/aromatic N) is 6. The zero-order valence-electron chi connectivity index (χ0n) is 15.2. The van der Waals surface area contributed by atoms with E-state index in [2.05, 4.69) is 27.0 Å². The van der Waals surface area contributed by atoms with Crippen LogP contribution in [0.25, 0.3) is 5.65 Å². The lowest BCUT2D eigenvalue weighted by molar-refractivity contribution is -0.0825. The fourth-order valence-corrected chi connectivity index (χ4v) is 3.98. The second kappa shape index (κ2) is 6.14. The Bertz CT molecular complexity index is 792. The Morgan fingerprint density at radius 1 is 1.23 bits per heavy atom. The van der Waals surface area contributed by atoms with Gasteiger partial charge in [-0.3, -0.25) is 4.90 Å². The van der Waals surface area contributed by atoms with Crippen LogP contribution in [0.2, 0.25) is 0 Å². The van der Waals surface area contributed by atoms with Gasteiger partial charge in [0.25, 0.3) is 0 Å². The van der Waals surface area contributed by atoms with Crippen LogP contribution in [0.3, 0.4) is 0 Å². The lowest BCUT2D eigenvalue weighted by Gasteiger charge is -2.47. The Labute approximate surface area is 152 Å². The van der Waals surface area contributed by atoms with E-state index >= 15 is 0 Å². The standard InChI is InChI=1S/C18H26N6O2/c1-22(12-18(25)6-8-26-9-7-18)14-10-23(11-14)16-5-4-15-19-20-17(13-2-3-13)24(15)21-16/h4-5,13-14,25H,2-3,6-12H2,1H3. The number of hydrogen-bond acceptors (Lipinski definition) is 7. The predicted molar refractivity (Wildman–Crippen MR) is 96.4 cm³/mol. The van der Waals surface area contributed by atoms with Crippen molar-refractivity contribution in [3.63, 3.8) is 0 Å². The summed E-state index contributed by atoms with van der Waals surface area (Å²) in [6.45, 7) is 3.89. The first-order chi connectivity index (χ1) is 12.6. The lowest BCUT2D eigenvalue weighted by atomic mass is 9.92. The molecule has 1 saturated carbocycles. The van der Waals surface area contributed by atoms with Gasteiger partial charge in [-0.25, -0.2) is 0 Å². The van der Waals surface area contributed by atoms with Crippen molar-refractivity contribution >= 4 is 11.5 Å². The quantitative estimate of drug-likeness (QED) is 0.841. The van der Waals surface area contributed by atoms with Crippen molar-refractivity contribution in [1.82, 2.24) is 24.7 Å². The van der Waals surface area contributed by atoms with Gasteiger partial charge < -0.3 is 14.7 Å². The summed E-state index contributed by atoms with van der Waals surface area (Å²) in [6.07, 6.45) is 3.83. The van der Waals surface area contributed by atoms with Crippen molar-refractivity contribution in [3.8, 4) is 0 Å². The minimum Gasteiger partial charge on any atom is -0.388 e. The number of anilines is 1. The number of hydrogen-bond donors (Lipinski definition) is 1. The summed E-state index contributed by atoms with van der Waals surface area (Å²) in [5.41, 5.74) is 0.221. The van der Waals surface area contributed by atoms with E-state index in [-0.39, 0.29) is 0 Å². The maximum absolute atomic E-state index is 10.7. The maximum atomic E-state index is 10.7. The molecule has 0 radical (unpaired) electrons. The molecule has 2 aliphatic heterocycles. The van der Waals surface area contributed by atoms with Gasteiger partial charge in [-0.2, -0.15) is 4.52 Å². The summed E-state index contributed by atoms with van der Waals surface area (Å²) in [5.74, 6) is 2.51. The molecule has 2 aromatic heterocycles. The first kappa shape index (κ1) is 16.4. The van der Waals surface area contributed by atoms with Gasteiger partial charge in [0.15, 0.2) is 11.5 Å². The van der Waals surface area contributed by atoms with Gasteiger partial charge in [0, 0.05) is 57.6 Å². The Hall–Kier alpha value is -1.77. The summed E-state index contributed by atoms with van der Waals surface area (Å²) in [5, 5.41) is 24.0. The summed E-state index contributed by atoms with van der Waals surface area (Å²) in [7, 11) is 2.11. The van der Waals surface area contributed by atoms with E-state index < -0.39 is 5.60 Å². The number of aliphatic hydroxyl groups is 1. The second-order valence-electron chi connectivity index (χ2n) is 8.10. The normalized spacial score (nSPS) is 23.6. The largest absolute Gasteiger partial charge is 0.388 e. The van der Waals surface area contributed by atoms with Crippen LogP contribution in [-0.2, 0) is 4.74 Å². The fraction of sp³-hybridized carbons (Fsp3) is 0.722. The van der Waals surface area contributed by atoms with E-state index in [0.29, 0.717) is 31.7 Å². The zero-order chi connectivity index (χ0) is 17.7. The van der Waals surface area contributed by atoms with Crippen LogP contribution in [0.15, 0.2) is 12.1 Å². The van der Waals surface area contributed by atoms with Crippen molar-refractivity contribution in [3.05, 3.63) is 18.0 Å². The highest BCUT2D eigenvalue weighted by Crippen LogP contribution is 2.39. The van der Waals surface area contributed by atoms with E-state index in [0.717, 1.165) is 43.2 Å². The van der Waals surface area contributed by atoms with Gasteiger partial charge in [-0.1, -0.05) is 0 Å². The zero-order valence-corrected chi connectivity index (χ0v) is 15.2. The van der Waals surface area contributed by atoms with E-state index in [1.54, 1.807) is 0 Å². The van der Waals surface area contributed by atoms with Crippen molar-refractivity contribution in [2.75, 3.05) is 44.8 Å². The highest BCUT2D eigenvalue weighted by molar-refractivity contribution is 5.48. The Kier molecular flexibility index (Phi) is 3.88. The molecule has 2 saturated heterocycles. The van der Waals surface area contributed by atoms with Crippen molar-refractivity contribution in [2.24, 2.45) is 0 Å². The van der Waals surface area contributed by atoms with Crippen molar-refractivity contribution < 1.29 is 9.84 Å². The molecular formula is C18H26N6O2. The SMILES string of the molecule is CN(CC1(O)CCOCC1)C1CN(c2ccc3nnc(C4CC4)n3n2)C1. The number of likely N-dealkylation sites (N-methyl/N-ethyl adjacent to an activating group) is 1. The molecule has 0 spiro atoms. The van der Waals surface area contributed by atoms with E-state index in [1.165, 1.54) is 12.8 Å². The molecule has 0 unspecified atom stereocenters. The average Bonchev–Trinajstić information content (AvgIpc) is 3.33. The first-order valence-electron chi connectivity index (χ1n) is 9.59. The minimum absolute atomic E-state index is 0.447. The summed E-state index contributed by atoms with van der Waals surface area (Å²) in [4.78, 5) is 4.57. The average molecular weight is 358 g/mol. The van der Waals surface area contributed by atoms with Crippen molar-refractivity contribution in [1.29, 1.82) is 0 Å². The molecule has 5 rings (SSSR count). The molecule has 4 heterocycles. The molecular weight excluding hydrogens is 332 g/mol. The van der Waals surface area contributed by atoms with Gasteiger partial charge >= 0.3 is 0 Å². The molecule has 3 aliphatic rings. The highest BCUT2D eigenvalue weighted by Gasteiger charge is 2.37. The topological polar surface area (TPSA) is 79.0 Å². The molecule has 0 aromatic carbocycles. The van der Waals surface area contributed by atoms with Gasteiger partial charge in [0.1, 0.15) is 5.82 Å². The molecule has 0 amide bonds. The molecule has 8 nitrogen and oxygen atoms in total. The second-order valence-corrected chi connectivity index (χ2v) is 8.10. The van der Waals surface area contributed by atoms with E-state index in [9.17, 15) is 5.11 Å². The predicted octanol–water partition coefficient (Wildman–Crippen LogP) is 0.664.